The molecule has 0 unspecified atom stereocenters. The molecular weight excluding hydrogens is 416 g/mol. The zero-order valence-corrected chi connectivity index (χ0v) is 18.7. The molecule has 0 saturated heterocycles. The van der Waals surface area contributed by atoms with Gasteiger partial charge in [0.25, 0.3) is 11.4 Å². The number of aromatic nitrogens is 3. The molecule has 0 bridgehead atoms. The first kappa shape index (κ1) is 22.2. The van der Waals surface area contributed by atoms with Crippen LogP contribution < -0.4 is 10.9 Å². The van der Waals surface area contributed by atoms with E-state index in [-0.39, 0.29) is 29.9 Å². The Bertz CT molecular complexity index is 1290. The fourth-order valence-corrected chi connectivity index (χ4v) is 3.60. The zero-order valence-electron chi connectivity index (χ0n) is 18.7. The Hall–Kier alpha value is -4.00. The number of benzene rings is 2. The van der Waals surface area contributed by atoms with Crippen LogP contribution in [-0.4, -0.2) is 26.7 Å². The first-order chi connectivity index (χ1) is 16.0. The van der Waals surface area contributed by atoms with Crippen LogP contribution in [0.3, 0.4) is 0 Å². The van der Waals surface area contributed by atoms with E-state index in [9.17, 15) is 9.59 Å². The van der Waals surface area contributed by atoms with Gasteiger partial charge < -0.3 is 14.4 Å². The van der Waals surface area contributed by atoms with E-state index in [0.29, 0.717) is 11.4 Å². The summed E-state index contributed by atoms with van der Waals surface area (Å²) in [5.74, 6) is 0.536. The van der Waals surface area contributed by atoms with Crippen molar-refractivity contribution in [2.75, 3.05) is 0 Å². The SMILES string of the molecule is Cc1cccc(-c2noc(-c3ccc(=O)n(CC(=O)N[C@H](C)CCc4ccccc4)c3)n2)c1. The van der Waals surface area contributed by atoms with Crippen molar-refractivity contribution in [3.05, 3.63) is 94.4 Å². The van der Waals surface area contributed by atoms with Gasteiger partial charge in [-0.1, -0.05) is 59.3 Å². The average Bonchev–Trinajstić information content (AvgIpc) is 3.30. The van der Waals surface area contributed by atoms with E-state index in [1.807, 2.05) is 56.3 Å². The normalized spacial score (nSPS) is 11.8. The Morgan fingerprint density at radius 3 is 2.67 bits per heavy atom. The average molecular weight is 443 g/mol. The largest absolute Gasteiger partial charge is 0.352 e. The van der Waals surface area contributed by atoms with Crippen LogP contribution in [0.5, 0.6) is 0 Å². The zero-order chi connectivity index (χ0) is 23.2. The van der Waals surface area contributed by atoms with Crippen molar-refractivity contribution in [3.63, 3.8) is 0 Å². The van der Waals surface area contributed by atoms with Gasteiger partial charge in [-0.05, 0) is 44.4 Å². The molecule has 1 atom stereocenters. The first-order valence-electron chi connectivity index (χ1n) is 10.9. The van der Waals surface area contributed by atoms with E-state index in [0.717, 1.165) is 24.0 Å². The summed E-state index contributed by atoms with van der Waals surface area (Å²) in [6.45, 7) is 3.88. The van der Waals surface area contributed by atoms with Crippen molar-refractivity contribution in [1.82, 2.24) is 20.0 Å². The highest BCUT2D eigenvalue weighted by Crippen LogP contribution is 2.22. The Morgan fingerprint density at radius 2 is 1.88 bits per heavy atom. The van der Waals surface area contributed by atoms with Crippen LogP contribution in [0, 0.1) is 6.92 Å². The second-order valence-corrected chi connectivity index (χ2v) is 8.17. The van der Waals surface area contributed by atoms with Crippen molar-refractivity contribution in [2.45, 2.75) is 39.3 Å². The van der Waals surface area contributed by atoms with Crippen LogP contribution >= 0.6 is 0 Å². The van der Waals surface area contributed by atoms with Crippen molar-refractivity contribution in [2.24, 2.45) is 0 Å². The molecule has 168 valence electrons. The monoisotopic (exact) mass is 442 g/mol. The molecule has 4 aromatic rings. The van der Waals surface area contributed by atoms with Crippen LogP contribution in [0.4, 0.5) is 0 Å². The molecule has 0 spiro atoms. The van der Waals surface area contributed by atoms with Gasteiger partial charge in [0.05, 0.1) is 5.56 Å². The van der Waals surface area contributed by atoms with Gasteiger partial charge >= 0.3 is 0 Å². The summed E-state index contributed by atoms with van der Waals surface area (Å²) in [5.41, 5.74) is 3.47. The summed E-state index contributed by atoms with van der Waals surface area (Å²) in [4.78, 5) is 29.3. The molecule has 1 amide bonds. The third kappa shape index (κ3) is 5.83. The first-order valence-corrected chi connectivity index (χ1v) is 10.9. The quantitative estimate of drug-likeness (QED) is 0.445. The van der Waals surface area contributed by atoms with Crippen LogP contribution in [-0.2, 0) is 17.8 Å². The summed E-state index contributed by atoms with van der Waals surface area (Å²) >= 11 is 0. The van der Waals surface area contributed by atoms with Gasteiger partial charge in [0.2, 0.25) is 11.7 Å². The molecule has 0 saturated carbocycles. The van der Waals surface area contributed by atoms with Crippen LogP contribution in [0.25, 0.3) is 22.8 Å². The lowest BCUT2D eigenvalue weighted by Crippen LogP contribution is -2.37. The van der Waals surface area contributed by atoms with Crippen molar-refractivity contribution in [1.29, 1.82) is 0 Å². The summed E-state index contributed by atoms with van der Waals surface area (Å²) in [6.07, 6.45) is 3.26. The molecule has 7 nitrogen and oxygen atoms in total. The topological polar surface area (TPSA) is 90.0 Å². The highest BCUT2D eigenvalue weighted by atomic mass is 16.5. The molecule has 0 radical (unpaired) electrons. The Balaban J connectivity index is 1.41. The minimum atomic E-state index is -0.274. The second-order valence-electron chi connectivity index (χ2n) is 8.17. The van der Waals surface area contributed by atoms with Gasteiger partial charge in [-0.15, -0.1) is 0 Å². The molecule has 4 rings (SSSR count). The van der Waals surface area contributed by atoms with Crippen LogP contribution in [0.1, 0.15) is 24.5 Å². The van der Waals surface area contributed by atoms with E-state index >= 15 is 0 Å². The Kier molecular flexibility index (Phi) is 6.78. The number of carbonyl (C=O) groups excluding carboxylic acids is 1. The minimum Gasteiger partial charge on any atom is -0.352 e. The number of carbonyl (C=O) groups is 1. The van der Waals surface area contributed by atoms with Crippen molar-refractivity contribution >= 4 is 5.91 Å². The van der Waals surface area contributed by atoms with Crippen molar-refractivity contribution < 1.29 is 9.32 Å². The predicted molar refractivity (Wildman–Crippen MR) is 127 cm³/mol. The lowest BCUT2D eigenvalue weighted by Gasteiger charge is -2.14. The summed E-state index contributed by atoms with van der Waals surface area (Å²) < 4.78 is 6.76. The molecule has 2 heterocycles. The second kappa shape index (κ2) is 10.1. The predicted octanol–water partition coefficient (Wildman–Crippen LogP) is 4.01. The lowest BCUT2D eigenvalue weighted by atomic mass is 10.1. The molecule has 2 aromatic heterocycles. The molecule has 0 aliphatic heterocycles. The molecule has 1 N–H and O–H groups in total. The highest BCUT2D eigenvalue weighted by molar-refractivity contribution is 5.76. The van der Waals surface area contributed by atoms with E-state index in [4.69, 9.17) is 4.52 Å². The molecule has 7 heteroatoms. The lowest BCUT2D eigenvalue weighted by molar-refractivity contribution is -0.122. The van der Waals surface area contributed by atoms with E-state index in [1.165, 1.54) is 16.2 Å². The molecule has 0 aliphatic rings. The van der Waals surface area contributed by atoms with Gasteiger partial charge in [0.15, 0.2) is 0 Å². The minimum absolute atomic E-state index is 0.00980. The number of hydrogen-bond donors (Lipinski definition) is 1. The van der Waals surface area contributed by atoms with E-state index in [1.54, 1.807) is 12.3 Å². The van der Waals surface area contributed by atoms with Gasteiger partial charge in [0, 0.05) is 23.9 Å². The molecule has 0 fully saturated rings. The maximum atomic E-state index is 12.5. The summed E-state index contributed by atoms with van der Waals surface area (Å²) in [5, 5.41) is 7.01. The Labute approximate surface area is 192 Å². The molecule has 0 aliphatic carbocycles. The molecule has 2 aromatic carbocycles. The number of nitrogens with zero attached hydrogens (tertiary/aromatic N) is 3. The Morgan fingerprint density at radius 1 is 1.06 bits per heavy atom. The fraction of sp³-hybridized carbons (Fsp3) is 0.231. The maximum Gasteiger partial charge on any atom is 0.259 e. The number of rotatable bonds is 8. The van der Waals surface area contributed by atoms with Gasteiger partial charge in [-0.25, -0.2) is 0 Å². The third-order valence-electron chi connectivity index (χ3n) is 5.36. The standard InChI is InChI=1S/C26H26N4O3/c1-18-7-6-10-21(15-18)25-28-26(33-29-25)22-13-14-24(32)30(16-22)17-23(31)27-19(2)11-12-20-8-4-3-5-9-20/h3-10,13-16,19H,11-12,17H2,1-2H3,(H,27,31)/t19-/m1/s1. The van der Waals surface area contributed by atoms with Gasteiger partial charge in [0.1, 0.15) is 6.54 Å². The van der Waals surface area contributed by atoms with Gasteiger partial charge in [-0.3, -0.25) is 9.59 Å². The number of aryl methyl sites for hydroxylation is 2. The third-order valence-corrected chi connectivity index (χ3v) is 5.36. The highest BCUT2D eigenvalue weighted by Gasteiger charge is 2.14. The molecular formula is C26H26N4O3. The number of pyridine rings is 1. The maximum absolute atomic E-state index is 12.5. The smallest absolute Gasteiger partial charge is 0.259 e. The summed E-state index contributed by atoms with van der Waals surface area (Å²) in [6, 6.07) is 20.9. The summed E-state index contributed by atoms with van der Waals surface area (Å²) in [7, 11) is 0. The number of hydrogen-bond acceptors (Lipinski definition) is 5. The fourth-order valence-electron chi connectivity index (χ4n) is 3.60. The number of nitrogens with one attached hydrogen (secondary N) is 1. The number of amides is 1. The van der Waals surface area contributed by atoms with Crippen molar-refractivity contribution in [3.8, 4) is 22.8 Å². The van der Waals surface area contributed by atoms with E-state index < -0.39 is 0 Å². The van der Waals surface area contributed by atoms with Crippen LogP contribution in [0.15, 0.2) is 82.2 Å². The van der Waals surface area contributed by atoms with Gasteiger partial charge in [-0.2, -0.15) is 4.98 Å². The molecule has 33 heavy (non-hydrogen) atoms. The van der Waals surface area contributed by atoms with E-state index in [2.05, 4.69) is 27.6 Å². The van der Waals surface area contributed by atoms with Crippen LogP contribution in [0.2, 0.25) is 0 Å².